The molecule has 170 valence electrons. The molecule has 1 aliphatic rings. The number of ether oxygens (including phenoxy) is 2. The second kappa shape index (κ2) is 9.03. The largest absolute Gasteiger partial charge is 0.504 e. The van der Waals surface area contributed by atoms with Gasteiger partial charge in [0, 0.05) is 0 Å². The molecule has 33 heavy (non-hydrogen) atoms. The van der Waals surface area contributed by atoms with Gasteiger partial charge in [-0.15, -0.1) is 0 Å². The van der Waals surface area contributed by atoms with Gasteiger partial charge in [-0.2, -0.15) is 0 Å². The van der Waals surface area contributed by atoms with E-state index in [9.17, 15) is 19.1 Å². The van der Waals surface area contributed by atoms with Gasteiger partial charge in [0.05, 0.1) is 35.6 Å². The number of benzene rings is 2. The van der Waals surface area contributed by atoms with Crippen molar-refractivity contribution in [3.8, 4) is 11.5 Å². The smallest absolute Gasteiger partial charge is 0.338 e. The molecule has 0 saturated carbocycles. The number of allylic oxidation sites excluding steroid dienone is 1. The summed E-state index contributed by atoms with van der Waals surface area (Å²) >= 11 is 1.17. The molecule has 0 spiro atoms. The number of fused-ring (bicyclic) bond motifs is 1. The number of rotatable bonds is 5. The van der Waals surface area contributed by atoms with Crippen LogP contribution in [-0.4, -0.2) is 29.4 Å². The summed E-state index contributed by atoms with van der Waals surface area (Å²) < 4.78 is 25.8. The monoisotopic (exact) mass is 468 g/mol. The molecule has 0 aliphatic carbocycles. The number of nitrogens with zero attached hydrogens (tertiary/aromatic N) is 2. The molecule has 1 atom stereocenters. The molecule has 1 aromatic heterocycles. The normalized spacial score (nSPS) is 15.8. The van der Waals surface area contributed by atoms with E-state index in [0.29, 0.717) is 26.2 Å². The van der Waals surface area contributed by atoms with Crippen molar-refractivity contribution >= 4 is 23.4 Å². The van der Waals surface area contributed by atoms with Gasteiger partial charge < -0.3 is 14.6 Å². The van der Waals surface area contributed by atoms with Crippen molar-refractivity contribution in [1.82, 2.24) is 4.57 Å². The van der Waals surface area contributed by atoms with Gasteiger partial charge in [-0.3, -0.25) is 9.36 Å². The summed E-state index contributed by atoms with van der Waals surface area (Å²) in [5.41, 5.74) is 1.52. The van der Waals surface area contributed by atoms with Gasteiger partial charge in [0.15, 0.2) is 16.3 Å². The van der Waals surface area contributed by atoms with Crippen LogP contribution < -0.4 is 19.6 Å². The minimum atomic E-state index is -0.808. The van der Waals surface area contributed by atoms with E-state index in [4.69, 9.17) is 9.47 Å². The second-order valence-corrected chi connectivity index (χ2v) is 8.29. The van der Waals surface area contributed by atoms with Crippen molar-refractivity contribution in [2.45, 2.75) is 19.9 Å². The highest BCUT2D eigenvalue weighted by molar-refractivity contribution is 7.07. The van der Waals surface area contributed by atoms with E-state index < -0.39 is 17.8 Å². The molecule has 9 heteroatoms. The average Bonchev–Trinajstić information content (AvgIpc) is 3.09. The third kappa shape index (κ3) is 4.19. The van der Waals surface area contributed by atoms with Crippen LogP contribution in [0, 0.1) is 5.82 Å². The minimum absolute atomic E-state index is 0.0119. The van der Waals surface area contributed by atoms with Crippen molar-refractivity contribution in [1.29, 1.82) is 0 Å². The predicted molar refractivity (Wildman–Crippen MR) is 121 cm³/mol. The Labute approximate surface area is 192 Å². The van der Waals surface area contributed by atoms with Crippen LogP contribution in [0.4, 0.5) is 4.39 Å². The molecule has 0 bridgehead atoms. The molecule has 0 radical (unpaired) electrons. The number of methoxy groups -OCH3 is 1. The third-order valence-electron chi connectivity index (χ3n) is 5.20. The number of thiazole rings is 1. The molecule has 0 saturated heterocycles. The van der Waals surface area contributed by atoms with Crippen molar-refractivity contribution in [3.05, 3.63) is 90.4 Å². The molecule has 3 aromatic rings. The van der Waals surface area contributed by atoms with E-state index >= 15 is 0 Å². The summed E-state index contributed by atoms with van der Waals surface area (Å²) in [5, 5.41) is 9.83. The number of hydrogen-bond acceptors (Lipinski definition) is 7. The average molecular weight is 469 g/mol. The Morgan fingerprint density at radius 2 is 2.00 bits per heavy atom. The number of aromatic nitrogens is 1. The van der Waals surface area contributed by atoms with Gasteiger partial charge in [0.25, 0.3) is 5.56 Å². The Bertz CT molecular complexity index is 1440. The lowest BCUT2D eigenvalue weighted by atomic mass is 9.96. The number of aromatic hydroxyl groups is 1. The van der Waals surface area contributed by atoms with E-state index in [1.807, 2.05) is 0 Å². The lowest BCUT2D eigenvalue weighted by Gasteiger charge is -2.24. The van der Waals surface area contributed by atoms with Crippen LogP contribution in [0.3, 0.4) is 0 Å². The molecule has 1 aliphatic heterocycles. The molecule has 2 heterocycles. The highest BCUT2D eigenvalue weighted by atomic mass is 32.1. The number of phenols is 1. The van der Waals surface area contributed by atoms with Gasteiger partial charge >= 0.3 is 5.97 Å². The number of halogens is 1. The maximum Gasteiger partial charge on any atom is 0.338 e. The Kier molecular flexibility index (Phi) is 6.15. The van der Waals surface area contributed by atoms with Gasteiger partial charge in [0.1, 0.15) is 5.82 Å². The van der Waals surface area contributed by atoms with Crippen LogP contribution in [0.2, 0.25) is 0 Å². The number of carbonyl (C=O) groups excluding carboxylic acids is 1. The fourth-order valence-corrected chi connectivity index (χ4v) is 4.73. The summed E-state index contributed by atoms with van der Waals surface area (Å²) in [5.74, 6) is -0.736. The first kappa shape index (κ1) is 22.5. The zero-order valence-electron chi connectivity index (χ0n) is 18.2. The summed E-state index contributed by atoms with van der Waals surface area (Å²) in [7, 11) is 1.44. The van der Waals surface area contributed by atoms with Crippen LogP contribution in [0.5, 0.6) is 11.5 Å². The molecule has 2 aromatic carbocycles. The fourth-order valence-electron chi connectivity index (χ4n) is 3.69. The van der Waals surface area contributed by atoms with Crippen LogP contribution in [-0.2, 0) is 9.53 Å². The number of esters is 1. The number of hydrogen-bond donors (Lipinski definition) is 1. The van der Waals surface area contributed by atoms with Crippen LogP contribution in [0.25, 0.3) is 6.08 Å². The molecule has 0 amide bonds. The summed E-state index contributed by atoms with van der Waals surface area (Å²) in [6, 6.07) is 9.59. The van der Waals surface area contributed by atoms with Crippen molar-refractivity contribution in [3.63, 3.8) is 0 Å². The molecule has 1 N–H and O–H groups in total. The topological polar surface area (TPSA) is 90.1 Å². The predicted octanol–water partition coefficient (Wildman–Crippen LogP) is 2.65. The van der Waals surface area contributed by atoms with Crippen LogP contribution in [0.1, 0.15) is 31.0 Å². The quantitative estimate of drug-likeness (QED) is 0.582. The zero-order chi connectivity index (χ0) is 23.7. The van der Waals surface area contributed by atoms with E-state index in [0.717, 1.165) is 0 Å². The Morgan fingerprint density at radius 3 is 2.67 bits per heavy atom. The summed E-state index contributed by atoms with van der Waals surface area (Å²) in [6.07, 6.45) is 1.66. The first-order valence-corrected chi connectivity index (χ1v) is 11.0. The second-order valence-electron chi connectivity index (χ2n) is 7.29. The van der Waals surface area contributed by atoms with E-state index in [-0.39, 0.29) is 29.2 Å². The SMILES string of the molecule is CCOC(=O)C1=C(C)N=c2s/c(=C\c3ccc(O)c(OC)c3)c(=O)n2[C@@H]1c1ccc(F)cc1. The van der Waals surface area contributed by atoms with E-state index in [1.165, 1.54) is 41.2 Å². The summed E-state index contributed by atoms with van der Waals surface area (Å²) in [4.78, 5) is 31.2. The lowest BCUT2D eigenvalue weighted by molar-refractivity contribution is -0.139. The summed E-state index contributed by atoms with van der Waals surface area (Å²) in [6.45, 7) is 3.55. The van der Waals surface area contributed by atoms with Gasteiger partial charge in [-0.25, -0.2) is 14.2 Å². The van der Waals surface area contributed by atoms with Gasteiger partial charge in [-0.05, 0) is 55.3 Å². The maximum absolute atomic E-state index is 13.6. The van der Waals surface area contributed by atoms with Crippen LogP contribution in [0.15, 0.2) is 63.5 Å². The highest BCUT2D eigenvalue weighted by Gasteiger charge is 2.33. The van der Waals surface area contributed by atoms with E-state index in [2.05, 4.69) is 4.99 Å². The fraction of sp³-hybridized carbons (Fsp3) is 0.208. The first-order chi connectivity index (χ1) is 15.8. The maximum atomic E-state index is 13.6. The molecule has 4 rings (SSSR count). The number of phenolic OH excluding ortho intramolecular Hbond substituents is 1. The Hall–Kier alpha value is -3.72. The Morgan fingerprint density at radius 1 is 1.27 bits per heavy atom. The molecule has 7 nitrogen and oxygen atoms in total. The zero-order valence-corrected chi connectivity index (χ0v) is 19.0. The first-order valence-electron chi connectivity index (χ1n) is 10.2. The third-order valence-corrected chi connectivity index (χ3v) is 6.19. The van der Waals surface area contributed by atoms with Crippen LogP contribution >= 0.6 is 11.3 Å². The molecule has 0 fully saturated rings. The highest BCUT2D eigenvalue weighted by Crippen LogP contribution is 2.31. The molecular weight excluding hydrogens is 447 g/mol. The molecular formula is C24H21FN2O5S. The van der Waals surface area contributed by atoms with Crippen molar-refractivity contribution in [2.75, 3.05) is 13.7 Å². The van der Waals surface area contributed by atoms with Crippen molar-refractivity contribution < 1.29 is 23.8 Å². The minimum Gasteiger partial charge on any atom is -0.504 e. The van der Waals surface area contributed by atoms with Gasteiger partial charge in [0.2, 0.25) is 0 Å². The lowest BCUT2D eigenvalue weighted by Crippen LogP contribution is -2.39. The molecule has 0 unspecified atom stereocenters. The van der Waals surface area contributed by atoms with Crippen molar-refractivity contribution in [2.24, 2.45) is 4.99 Å². The van der Waals surface area contributed by atoms with E-state index in [1.54, 1.807) is 44.2 Å². The van der Waals surface area contributed by atoms with Gasteiger partial charge in [-0.1, -0.05) is 29.5 Å². The number of carbonyl (C=O) groups is 1. The standard InChI is InChI=1S/C24H21FN2O5S/c1-4-32-23(30)20-13(2)26-24-27(21(20)15-6-8-16(25)9-7-15)22(29)19(33-24)12-14-5-10-17(28)18(11-14)31-3/h5-12,21,28H,4H2,1-3H3/b19-12-/t21-/m1/s1. The Balaban J connectivity index is 1.94.